The molecule has 0 amide bonds. The zero-order valence-corrected chi connectivity index (χ0v) is 10.7. The van der Waals surface area contributed by atoms with Gasteiger partial charge in [0.2, 0.25) is 0 Å². The van der Waals surface area contributed by atoms with Crippen LogP contribution in [0.25, 0.3) is 0 Å². The van der Waals surface area contributed by atoms with Crippen molar-refractivity contribution in [2.45, 2.75) is 18.0 Å². The zero-order chi connectivity index (χ0) is 12.1. The molecule has 0 saturated carbocycles. The predicted octanol–water partition coefficient (Wildman–Crippen LogP) is 3.18. The van der Waals surface area contributed by atoms with Crippen molar-refractivity contribution < 1.29 is 0 Å². The summed E-state index contributed by atoms with van der Waals surface area (Å²) in [7, 11) is 0. The molecule has 1 aromatic carbocycles. The standard InChI is InChI=1S/C14H16N2S/c1-11-6-2-3-7-12(11)13(15)10-17-14-8-4-5-9-16-14/h2-9,13H,10,15H2,1H3. The van der Waals surface area contributed by atoms with E-state index in [1.165, 1.54) is 11.1 Å². The summed E-state index contributed by atoms with van der Waals surface area (Å²) < 4.78 is 0. The second-order valence-electron chi connectivity index (χ2n) is 3.94. The number of benzene rings is 1. The number of aryl methyl sites for hydroxylation is 1. The van der Waals surface area contributed by atoms with Crippen molar-refractivity contribution in [3.05, 3.63) is 59.8 Å². The quantitative estimate of drug-likeness (QED) is 0.840. The van der Waals surface area contributed by atoms with Crippen LogP contribution in [0, 0.1) is 6.92 Å². The van der Waals surface area contributed by atoms with Gasteiger partial charge in [0, 0.05) is 18.0 Å². The summed E-state index contributed by atoms with van der Waals surface area (Å²) in [6.07, 6.45) is 1.81. The van der Waals surface area contributed by atoms with Gasteiger partial charge in [0.25, 0.3) is 0 Å². The van der Waals surface area contributed by atoms with Crippen LogP contribution < -0.4 is 5.73 Å². The van der Waals surface area contributed by atoms with Crippen LogP contribution in [0.1, 0.15) is 17.2 Å². The molecule has 0 fully saturated rings. The summed E-state index contributed by atoms with van der Waals surface area (Å²) in [4.78, 5) is 4.27. The Morgan fingerprint density at radius 3 is 2.65 bits per heavy atom. The molecular formula is C14H16N2S. The van der Waals surface area contributed by atoms with E-state index in [2.05, 4.69) is 24.0 Å². The average molecular weight is 244 g/mol. The number of thioether (sulfide) groups is 1. The van der Waals surface area contributed by atoms with Gasteiger partial charge in [-0.2, -0.15) is 0 Å². The molecule has 1 atom stereocenters. The smallest absolute Gasteiger partial charge is 0.0960 e. The van der Waals surface area contributed by atoms with Crippen LogP contribution in [0.3, 0.4) is 0 Å². The number of nitrogens with zero attached hydrogens (tertiary/aromatic N) is 1. The number of rotatable bonds is 4. The van der Waals surface area contributed by atoms with Crippen molar-refractivity contribution in [2.75, 3.05) is 5.75 Å². The van der Waals surface area contributed by atoms with Gasteiger partial charge < -0.3 is 5.73 Å². The van der Waals surface area contributed by atoms with Crippen LogP contribution in [0.4, 0.5) is 0 Å². The molecule has 0 bridgehead atoms. The van der Waals surface area contributed by atoms with Gasteiger partial charge in [-0.15, -0.1) is 11.8 Å². The van der Waals surface area contributed by atoms with Gasteiger partial charge in [-0.3, -0.25) is 0 Å². The van der Waals surface area contributed by atoms with E-state index in [-0.39, 0.29) is 6.04 Å². The average Bonchev–Trinajstić information content (AvgIpc) is 2.38. The molecule has 1 aromatic heterocycles. The Bertz CT molecular complexity index is 471. The van der Waals surface area contributed by atoms with Gasteiger partial charge in [-0.05, 0) is 30.2 Å². The molecular weight excluding hydrogens is 228 g/mol. The van der Waals surface area contributed by atoms with Gasteiger partial charge >= 0.3 is 0 Å². The van der Waals surface area contributed by atoms with Gasteiger partial charge in [0.15, 0.2) is 0 Å². The lowest BCUT2D eigenvalue weighted by atomic mass is 10.0. The maximum Gasteiger partial charge on any atom is 0.0960 e. The Morgan fingerprint density at radius 2 is 1.94 bits per heavy atom. The molecule has 2 rings (SSSR count). The summed E-state index contributed by atoms with van der Waals surface area (Å²) in [5.41, 5.74) is 8.67. The summed E-state index contributed by atoms with van der Waals surface area (Å²) in [5, 5.41) is 1.02. The summed E-state index contributed by atoms with van der Waals surface area (Å²) in [6.45, 7) is 2.10. The number of hydrogen-bond donors (Lipinski definition) is 1. The highest BCUT2D eigenvalue weighted by Crippen LogP contribution is 2.23. The monoisotopic (exact) mass is 244 g/mol. The third-order valence-electron chi connectivity index (χ3n) is 2.64. The Labute approximate surface area is 106 Å². The molecule has 0 aliphatic heterocycles. The molecule has 1 heterocycles. The highest BCUT2D eigenvalue weighted by Gasteiger charge is 2.08. The topological polar surface area (TPSA) is 38.9 Å². The van der Waals surface area contributed by atoms with Gasteiger partial charge in [-0.1, -0.05) is 30.3 Å². The molecule has 3 heteroatoms. The Kier molecular flexibility index (Phi) is 4.18. The van der Waals surface area contributed by atoms with E-state index in [4.69, 9.17) is 5.73 Å². The van der Waals surface area contributed by atoms with E-state index in [9.17, 15) is 0 Å². The van der Waals surface area contributed by atoms with Crippen LogP contribution in [0.5, 0.6) is 0 Å². The fourth-order valence-corrected chi connectivity index (χ4v) is 2.54. The molecule has 88 valence electrons. The minimum Gasteiger partial charge on any atom is -0.323 e. The molecule has 0 aliphatic carbocycles. The number of pyridine rings is 1. The zero-order valence-electron chi connectivity index (χ0n) is 9.84. The highest BCUT2D eigenvalue weighted by atomic mass is 32.2. The molecule has 2 nitrogen and oxygen atoms in total. The molecule has 0 radical (unpaired) electrons. The third-order valence-corrected chi connectivity index (χ3v) is 3.70. The van der Waals surface area contributed by atoms with E-state index in [1.54, 1.807) is 11.8 Å². The lowest BCUT2D eigenvalue weighted by Gasteiger charge is -2.13. The van der Waals surface area contributed by atoms with Crippen molar-refractivity contribution in [3.8, 4) is 0 Å². The van der Waals surface area contributed by atoms with Gasteiger partial charge in [0.1, 0.15) is 0 Å². The number of nitrogens with two attached hydrogens (primary N) is 1. The van der Waals surface area contributed by atoms with Crippen molar-refractivity contribution in [2.24, 2.45) is 5.73 Å². The number of aromatic nitrogens is 1. The molecule has 17 heavy (non-hydrogen) atoms. The first-order chi connectivity index (χ1) is 8.27. The van der Waals surface area contributed by atoms with Crippen LogP contribution >= 0.6 is 11.8 Å². The van der Waals surface area contributed by atoms with Crippen LogP contribution in [-0.4, -0.2) is 10.7 Å². The second-order valence-corrected chi connectivity index (χ2v) is 4.98. The van der Waals surface area contributed by atoms with Gasteiger partial charge in [-0.25, -0.2) is 4.98 Å². The largest absolute Gasteiger partial charge is 0.323 e. The molecule has 0 spiro atoms. The second kappa shape index (κ2) is 5.84. The van der Waals surface area contributed by atoms with E-state index in [0.29, 0.717) is 0 Å². The maximum absolute atomic E-state index is 6.20. The minimum atomic E-state index is 0.0585. The Balaban J connectivity index is 1.99. The lowest BCUT2D eigenvalue weighted by molar-refractivity contribution is 0.821. The van der Waals surface area contributed by atoms with E-state index in [0.717, 1.165) is 10.8 Å². The fraction of sp³-hybridized carbons (Fsp3) is 0.214. The van der Waals surface area contributed by atoms with Crippen molar-refractivity contribution >= 4 is 11.8 Å². The first-order valence-corrected chi connectivity index (χ1v) is 6.61. The van der Waals surface area contributed by atoms with Crippen LogP contribution in [-0.2, 0) is 0 Å². The normalized spacial score (nSPS) is 12.4. The van der Waals surface area contributed by atoms with Crippen LogP contribution in [0.2, 0.25) is 0 Å². The summed E-state index contributed by atoms with van der Waals surface area (Å²) in [5.74, 6) is 0.849. The van der Waals surface area contributed by atoms with E-state index < -0.39 is 0 Å². The first kappa shape index (κ1) is 12.1. The molecule has 2 aromatic rings. The van der Waals surface area contributed by atoms with Crippen LogP contribution in [0.15, 0.2) is 53.7 Å². The molecule has 0 saturated heterocycles. The third kappa shape index (κ3) is 3.32. The van der Waals surface area contributed by atoms with Crippen molar-refractivity contribution in [3.63, 3.8) is 0 Å². The molecule has 2 N–H and O–H groups in total. The van der Waals surface area contributed by atoms with Crippen molar-refractivity contribution in [1.82, 2.24) is 4.98 Å². The Morgan fingerprint density at radius 1 is 1.18 bits per heavy atom. The Hall–Kier alpha value is -1.32. The minimum absolute atomic E-state index is 0.0585. The highest BCUT2D eigenvalue weighted by molar-refractivity contribution is 7.99. The van der Waals surface area contributed by atoms with Gasteiger partial charge in [0.05, 0.1) is 5.03 Å². The maximum atomic E-state index is 6.20. The van der Waals surface area contributed by atoms with E-state index in [1.807, 2.05) is 36.5 Å². The predicted molar refractivity (Wildman–Crippen MR) is 73.1 cm³/mol. The SMILES string of the molecule is Cc1ccccc1C(N)CSc1ccccn1. The molecule has 1 unspecified atom stereocenters. The first-order valence-electron chi connectivity index (χ1n) is 5.62. The number of hydrogen-bond acceptors (Lipinski definition) is 3. The summed E-state index contributed by atoms with van der Waals surface area (Å²) in [6, 6.07) is 14.3. The summed E-state index contributed by atoms with van der Waals surface area (Å²) >= 11 is 1.70. The lowest BCUT2D eigenvalue weighted by Crippen LogP contribution is -2.14. The van der Waals surface area contributed by atoms with E-state index >= 15 is 0 Å². The molecule has 0 aliphatic rings. The van der Waals surface area contributed by atoms with Crippen molar-refractivity contribution in [1.29, 1.82) is 0 Å². The fourth-order valence-electron chi connectivity index (χ4n) is 1.70.